The molecule has 0 radical (unpaired) electrons. The second-order valence-electron chi connectivity index (χ2n) is 7.33. The summed E-state index contributed by atoms with van der Waals surface area (Å²) in [7, 11) is -3.99. The van der Waals surface area contributed by atoms with E-state index in [-0.39, 0.29) is 16.1 Å². The van der Waals surface area contributed by atoms with Gasteiger partial charge in [0.1, 0.15) is 18.7 Å². The van der Waals surface area contributed by atoms with Gasteiger partial charge in [0.25, 0.3) is 15.9 Å². The molecule has 1 aliphatic rings. The first-order valence-electron chi connectivity index (χ1n) is 10.1. The van der Waals surface area contributed by atoms with Crippen molar-refractivity contribution in [3.05, 3.63) is 72.1 Å². The number of aromatic nitrogens is 1. The average molecular weight is 465 g/mol. The van der Waals surface area contributed by atoms with Crippen molar-refractivity contribution in [2.75, 3.05) is 23.3 Å². The molecule has 2 N–H and O–H groups in total. The number of hydrogen-bond donors (Lipinski definition) is 2. The molecular formula is C23H19N3O6S. The molecule has 3 aromatic carbocycles. The van der Waals surface area contributed by atoms with Crippen LogP contribution in [0.4, 0.5) is 11.4 Å². The van der Waals surface area contributed by atoms with Crippen LogP contribution < -0.4 is 19.5 Å². The van der Waals surface area contributed by atoms with E-state index >= 15 is 0 Å². The first-order chi connectivity index (χ1) is 15.9. The van der Waals surface area contributed by atoms with Gasteiger partial charge in [-0.3, -0.25) is 9.52 Å². The van der Waals surface area contributed by atoms with Crippen LogP contribution >= 0.6 is 0 Å². The predicted octanol–water partition coefficient (Wildman–Crippen LogP) is 3.96. The third kappa shape index (κ3) is 4.20. The highest BCUT2D eigenvalue weighted by molar-refractivity contribution is 7.92. The van der Waals surface area contributed by atoms with Gasteiger partial charge in [0.15, 0.2) is 23.0 Å². The number of carbonyl (C=O) groups is 1. The first kappa shape index (κ1) is 20.8. The molecule has 33 heavy (non-hydrogen) atoms. The van der Waals surface area contributed by atoms with E-state index in [1.165, 1.54) is 24.3 Å². The number of carbonyl (C=O) groups excluding carboxylic acids is 1. The van der Waals surface area contributed by atoms with Crippen LogP contribution in [0.2, 0.25) is 0 Å². The van der Waals surface area contributed by atoms with Gasteiger partial charge in [-0.2, -0.15) is 0 Å². The Balaban J connectivity index is 1.40. The van der Waals surface area contributed by atoms with Gasteiger partial charge in [-0.1, -0.05) is 12.1 Å². The van der Waals surface area contributed by atoms with Gasteiger partial charge in [-0.25, -0.2) is 13.4 Å². The van der Waals surface area contributed by atoms with E-state index in [0.717, 1.165) is 0 Å². The SMILES string of the molecule is Cc1nc2ccc(NC(=O)c3ccccc3NS(=O)(=O)c3ccc4c(c3)OCCO4)cc2o1. The number of amides is 1. The molecule has 4 aromatic rings. The van der Waals surface area contributed by atoms with Crippen molar-refractivity contribution >= 4 is 38.4 Å². The highest BCUT2D eigenvalue weighted by Gasteiger charge is 2.22. The van der Waals surface area contributed by atoms with E-state index < -0.39 is 15.9 Å². The minimum Gasteiger partial charge on any atom is -0.486 e. The minimum absolute atomic E-state index is 0.00639. The predicted molar refractivity (Wildman–Crippen MR) is 121 cm³/mol. The van der Waals surface area contributed by atoms with Crippen molar-refractivity contribution in [2.24, 2.45) is 0 Å². The number of fused-ring (bicyclic) bond motifs is 2. The van der Waals surface area contributed by atoms with E-state index in [2.05, 4.69) is 15.0 Å². The third-order valence-electron chi connectivity index (χ3n) is 4.99. The molecule has 0 saturated carbocycles. The molecule has 5 rings (SSSR count). The number of nitrogens with zero attached hydrogens (tertiary/aromatic N) is 1. The number of hydrogen-bond acceptors (Lipinski definition) is 7. The van der Waals surface area contributed by atoms with Crippen molar-refractivity contribution in [1.29, 1.82) is 0 Å². The normalized spacial score (nSPS) is 13.0. The van der Waals surface area contributed by atoms with Gasteiger partial charge < -0.3 is 19.2 Å². The first-order valence-corrected chi connectivity index (χ1v) is 11.6. The summed E-state index contributed by atoms with van der Waals surface area (Å²) in [4.78, 5) is 17.2. The zero-order chi connectivity index (χ0) is 23.0. The fraction of sp³-hybridized carbons (Fsp3) is 0.130. The molecule has 9 nitrogen and oxygen atoms in total. The van der Waals surface area contributed by atoms with Crippen molar-refractivity contribution in [3.8, 4) is 11.5 Å². The Morgan fingerprint density at radius 3 is 2.61 bits per heavy atom. The van der Waals surface area contributed by atoms with Gasteiger partial charge in [0.05, 0.1) is 16.1 Å². The molecule has 168 valence electrons. The molecular weight excluding hydrogens is 446 g/mol. The number of nitrogens with one attached hydrogen (secondary N) is 2. The summed E-state index contributed by atoms with van der Waals surface area (Å²) in [6.45, 7) is 2.48. The molecule has 0 unspecified atom stereocenters. The Morgan fingerprint density at radius 1 is 0.970 bits per heavy atom. The molecule has 0 aliphatic carbocycles. The Kier molecular flexibility index (Phi) is 5.14. The topological polar surface area (TPSA) is 120 Å². The van der Waals surface area contributed by atoms with Crippen LogP contribution in [0.15, 0.2) is 70.0 Å². The molecule has 0 saturated heterocycles. The Bertz CT molecular complexity index is 1480. The molecule has 2 heterocycles. The number of anilines is 2. The monoisotopic (exact) mass is 465 g/mol. The number of ether oxygens (including phenoxy) is 2. The lowest BCUT2D eigenvalue weighted by atomic mass is 10.1. The van der Waals surface area contributed by atoms with E-state index in [9.17, 15) is 13.2 Å². The summed E-state index contributed by atoms with van der Waals surface area (Å²) in [6, 6.07) is 15.8. The molecule has 0 spiro atoms. The maximum absolute atomic E-state index is 13.0. The molecule has 0 atom stereocenters. The van der Waals surface area contributed by atoms with E-state index in [1.807, 2.05) is 0 Å². The number of para-hydroxylation sites is 1. The van der Waals surface area contributed by atoms with Crippen LogP contribution in [-0.4, -0.2) is 32.5 Å². The van der Waals surface area contributed by atoms with Crippen LogP contribution in [0, 0.1) is 6.92 Å². The lowest BCUT2D eigenvalue weighted by molar-refractivity contribution is 0.102. The van der Waals surface area contributed by atoms with E-state index in [1.54, 1.807) is 43.3 Å². The zero-order valence-electron chi connectivity index (χ0n) is 17.5. The molecule has 1 aliphatic heterocycles. The molecule has 1 amide bonds. The Labute approximate surface area is 189 Å². The summed E-state index contributed by atoms with van der Waals surface area (Å²) in [5.41, 5.74) is 2.01. The van der Waals surface area contributed by atoms with Crippen molar-refractivity contribution < 1.29 is 27.1 Å². The smallest absolute Gasteiger partial charge is 0.262 e. The second-order valence-corrected chi connectivity index (χ2v) is 9.01. The van der Waals surface area contributed by atoms with Crippen molar-refractivity contribution in [3.63, 3.8) is 0 Å². The van der Waals surface area contributed by atoms with Crippen LogP contribution in [-0.2, 0) is 10.0 Å². The number of oxazole rings is 1. The third-order valence-corrected chi connectivity index (χ3v) is 6.36. The Hall–Kier alpha value is -4.05. The Morgan fingerprint density at radius 2 is 1.76 bits per heavy atom. The van der Waals surface area contributed by atoms with Crippen molar-refractivity contribution in [1.82, 2.24) is 4.98 Å². The fourth-order valence-electron chi connectivity index (χ4n) is 3.48. The van der Waals surface area contributed by atoms with Crippen LogP contribution in [0.25, 0.3) is 11.1 Å². The quantitative estimate of drug-likeness (QED) is 0.458. The summed E-state index contributed by atoms with van der Waals surface area (Å²) in [5.74, 6) is 0.880. The number of aryl methyl sites for hydroxylation is 1. The highest BCUT2D eigenvalue weighted by Crippen LogP contribution is 2.33. The van der Waals surface area contributed by atoms with E-state index in [0.29, 0.717) is 47.4 Å². The fourth-order valence-corrected chi connectivity index (χ4v) is 4.58. The van der Waals surface area contributed by atoms with Gasteiger partial charge in [-0.15, -0.1) is 0 Å². The lowest BCUT2D eigenvalue weighted by Crippen LogP contribution is -2.19. The number of rotatable bonds is 5. The van der Waals surface area contributed by atoms with Crippen LogP contribution in [0.5, 0.6) is 11.5 Å². The second kappa shape index (κ2) is 8.14. The molecule has 0 bridgehead atoms. The van der Waals surface area contributed by atoms with Gasteiger partial charge in [-0.05, 0) is 36.4 Å². The zero-order valence-corrected chi connectivity index (χ0v) is 18.3. The standard InChI is InChI=1S/C23H19N3O6S/c1-14-24-19-8-6-15(12-21(19)32-14)25-23(27)17-4-2-3-5-18(17)26-33(28,29)16-7-9-20-22(13-16)31-11-10-30-20/h2-9,12-13,26H,10-11H2,1H3,(H,25,27). The number of benzene rings is 3. The van der Waals surface area contributed by atoms with Crippen LogP contribution in [0.3, 0.4) is 0 Å². The maximum Gasteiger partial charge on any atom is 0.262 e. The average Bonchev–Trinajstić information content (AvgIpc) is 3.18. The van der Waals surface area contributed by atoms with E-state index in [4.69, 9.17) is 13.9 Å². The summed E-state index contributed by atoms with van der Waals surface area (Å²) < 4.78 is 44.9. The highest BCUT2D eigenvalue weighted by atomic mass is 32.2. The maximum atomic E-state index is 13.0. The lowest BCUT2D eigenvalue weighted by Gasteiger charge is -2.19. The number of sulfonamides is 1. The van der Waals surface area contributed by atoms with Crippen LogP contribution in [0.1, 0.15) is 16.2 Å². The van der Waals surface area contributed by atoms with Gasteiger partial charge >= 0.3 is 0 Å². The van der Waals surface area contributed by atoms with Gasteiger partial charge in [0.2, 0.25) is 0 Å². The summed E-state index contributed by atoms with van der Waals surface area (Å²) in [6.07, 6.45) is 0. The summed E-state index contributed by atoms with van der Waals surface area (Å²) >= 11 is 0. The largest absolute Gasteiger partial charge is 0.486 e. The minimum atomic E-state index is -3.99. The molecule has 10 heteroatoms. The summed E-state index contributed by atoms with van der Waals surface area (Å²) in [5, 5.41) is 2.77. The molecule has 1 aromatic heterocycles. The van der Waals surface area contributed by atoms with Crippen molar-refractivity contribution in [2.45, 2.75) is 11.8 Å². The molecule has 0 fully saturated rings. The van der Waals surface area contributed by atoms with Gasteiger partial charge in [0, 0.05) is 24.7 Å².